The van der Waals surface area contributed by atoms with Crippen LogP contribution in [0.2, 0.25) is 0 Å². The zero-order valence-corrected chi connectivity index (χ0v) is 24.5. The van der Waals surface area contributed by atoms with Gasteiger partial charge in [-0.3, -0.25) is 14.2 Å². The molecular formula is C26H26N4O6S4. The molecular weight excluding hydrogens is 593 g/mol. The number of hydrogen-bond acceptors (Lipinski definition) is 8. The number of sulfonamides is 1. The van der Waals surface area contributed by atoms with Gasteiger partial charge >= 0.3 is 0 Å². The van der Waals surface area contributed by atoms with Crippen LogP contribution in [-0.2, 0) is 24.9 Å². The predicted octanol–water partition coefficient (Wildman–Crippen LogP) is 3.80. The molecule has 1 N–H and O–H groups in total. The standard InChI is InChI=1S/C26H26N4O6S4/c31-25-23(38-26(37)29(25)14-15-39(32,33)34)17-20-18-30(21-9-3-1-4-10-21)27-24(20)19-8-7-11-22(16-19)40(35,36)28-12-5-2-6-13-28/h1,3-4,7-11,16-18H,2,5-6,12-15H2,(H,32,33,34)/b23-17-. The number of carbonyl (C=O) groups is 1. The summed E-state index contributed by atoms with van der Waals surface area (Å²) in [5.41, 5.74) is 2.33. The van der Waals surface area contributed by atoms with E-state index < -0.39 is 31.8 Å². The molecule has 3 aromatic rings. The van der Waals surface area contributed by atoms with E-state index in [1.807, 2.05) is 30.3 Å². The van der Waals surface area contributed by atoms with E-state index in [1.54, 1.807) is 41.2 Å². The minimum absolute atomic E-state index is 0.170. The predicted molar refractivity (Wildman–Crippen MR) is 158 cm³/mol. The molecule has 210 valence electrons. The fourth-order valence-electron chi connectivity index (χ4n) is 4.53. The first-order valence-corrected chi connectivity index (χ1v) is 16.8. The summed E-state index contributed by atoms with van der Waals surface area (Å²) < 4.78 is 61.6. The highest BCUT2D eigenvalue weighted by Gasteiger charge is 2.33. The van der Waals surface area contributed by atoms with Crippen molar-refractivity contribution in [2.45, 2.75) is 24.2 Å². The van der Waals surface area contributed by atoms with Crippen molar-refractivity contribution < 1.29 is 26.2 Å². The van der Waals surface area contributed by atoms with Gasteiger partial charge in [0.1, 0.15) is 10.0 Å². The van der Waals surface area contributed by atoms with Gasteiger partial charge < -0.3 is 0 Å². The van der Waals surface area contributed by atoms with Crippen LogP contribution < -0.4 is 0 Å². The normalized spacial score (nSPS) is 18.1. The molecule has 2 saturated heterocycles. The highest BCUT2D eigenvalue weighted by Crippen LogP contribution is 2.35. The highest BCUT2D eigenvalue weighted by atomic mass is 32.2. The Morgan fingerprint density at radius 2 is 1.73 bits per heavy atom. The first-order valence-electron chi connectivity index (χ1n) is 12.5. The van der Waals surface area contributed by atoms with Crippen LogP contribution in [0.1, 0.15) is 24.8 Å². The number of hydrogen-bond donors (Lipinski definition) is 1. The molecule has 2 aliphatic rings. The number of piperidine rings is 1. The Bertz CT molecular complexity index is 1700. The largest absolute Gasteiger partial charge is 0.292 e. The van der Waals surface area contributed by atoms with E-state index >= 15 is 0 Å². The Morgan fingerprint density at radius 3 is 2.42 bits per heavy atom. The maximum absolute atomic E-state index is 13.4. The van der Waals surface area contributed by atoms with E-state index in [0.29, 0.717) is 29.9 Å². The molecule has 0 bridgehead atoms. The van der Waals surface area contributed by atoms with Gasteiger partial charge in [-0.2, -0.15) is 17.8 Å². The average molecular weight is 619 g/mol. The zero-order valence-electron chi connectivity index (χ0n) is 21.2. The third-order valence-electron chi connectivity index (χ3n) is 6.56. The summed E-state index contributed by atoms with van der Waals surface area (Å²) in [6, 6.07) is 15.9. The third kappa shape index (κ3) is 6.21. The maximum Gasteiger partial charge on any atom is 0.266 e. The Labute approximate surface area is 242 Å². The van der Waals surface area contributed by atoms with Gasteiger partial charge in [0.05, 0.1) is 21.2 Å². The minimum Gasteiger partial charge on any atom is -0.292 e. The van der Waals surface area contributed by atoms with Gasteiger partial charge in [-0.25, -0.2) is 13.1 Å². The van der Waals surface area contributed by atoms with Crippen LogP contribution in [0, 0.1) is 0 Å². The van der Waals surface area contributed by atoms with Crippen molar-refractivity contribution in [1.82, 2.24) is 19.0 Å². The molecule has 0 unspecified atom stereocenters. The topological polar surface area (TPSA) is 130 Å². The van der Waals surface area contributed by atoms with Crippen LogP contribution in [0.3, 0.4) is 0 Å². The van der Waals surface area contributed by atoms with Crippen molar-refractivity contribution in [2.75, 3.05) is 25.4 Å². The van der Waals surface area contributed by atoms with Crippen molar-refractivity contribution >= 4 is 60.4 Å². The number of amides is 1. The lowest BCUT2D eigenvalue weighted by Crippen LogP contribution is -2.35. The number of thioether (sulfide) groups is 1. The third-order valence-corrected chi connectivity index (χ3v) is 10.5. The maximum atomic E-state index is 13.4. The van der Waals surface area contributed by atoms with Gasteiger partial charge in [-0.05, 0) is 43.2 Å². The summed E-state index contributed by atoms with van der Waals surface area (Å²) in [6.07, 6.45) is 6.01. The Hall–Kier alpha value is -2.88. The Kier molecular flexibility index (Phi) is 8.27. The van der Waals surface area contributed by atoms with E-state index in [9.17, 15) is 21.6 Å². The molecule has 40 heavy (non-hydrogen) atoms. The summed E-state index contributed by atoms with van der Waals surface area (Å²) in [7, 11) is -7.96. The van der Waals surface area contributed by atoms with Gasteiger partial charge in [-0.1, -0.05) is 60.7 Å². The van der Waals surface area contributed by atoms with E-state index in [2.05, 4.69) is 0 Å². The van der Waals surface area contributed by atoms with Gasteiger partial charge in [0.15, 0.2) is 0 Å². The molecule has 0 radical (unpaired) electrons. The van der Waals surface area contributed by atoms with Crippen molar-refractivity contribution in [3.8, 4) is 16.9 Å². The van der Waals surface area contributed by atoms with Gasteiger partial charge in [-0.15, -0.1) is 0 Å². The fraction of sp³-hybridized carbons (Fsp3) is 0.269. The molecule has 0 spiro atoms. The summed E-state index contributed by atoms with van der Waals surface area (Å²) in [4.78, 5) is 14.6. The number of carbonyl (C=O) groups excluding carboxylic acids is 1. The average Bonchev–Trinajstić information content (AvgIpc) is 3.48. The summed E-state index contributed by atoms with van der Waals surface area (Å²) >= 11 is 6.30. The molecule has 2 fully saturated rings. The first-order chi connectivity index (χ1) is 19.0. The first kappa shape index (κ1) is 28.6. The van der Waals surface area contributed by atoms with Crippen molar-refractivity contribution in [3.63, 3.8) is 0 Å². The number of para-hydroxylation sites is 1. The second kappa shape index (κ2) is 11.5. The van der Waals surface area contributed by atoms with E-state index in [-0.39, 0.29) is 20.7 Å². The molecule has 2 aliphatic heterocycles. The summed E-state index contributed by atoms with van der Waals surface area (Å²) in [6.45, 7) is 0.702. The fourth-order valence-corrected chi connectivity index (χ4v) is 7.81. The van der Waals surface area contributed by atoms with E-state index in [0.717, 1.165) is 41.6 Å². The van der Waals surface area contributed by atoms with Crippen LogP contribution in [0.25, 0.3) is 23.0 Å². The van der Waals surface area contributed by atoms with Crippen LogP contribution in [-0.4, -0.2) is 76.0 Å². The van der Waals surface area contributed by atoms with E-state index in [4.69, 9.17) is 21.9 Å². The molecule has 5 rings (SSSR count). The van der Waals surface area contributed by atoms with Crippen LogP contribution in [0.15, 0.2) is 70.6 Å². The molecule has 1 amide bonds. The van der Waals surface area contributed by atoms with Gasteiger partial charge in [0.25, 0.3) is 16.0 Å². The van der Waals surface area contributed by atoms with E-state index in [1.165, 1.54) is 4.31 Å². The van der Waals surface area contributed by atoms with Crippen LogP contribution in [0.5, 0.6) is 0 Å². The van der Waals surface area contributed by atoms with Crippen molar-refractivity contribution in [2.24, 2.45) is 0 Å². The van der Waals surface area contributed by atoms with Gasteiger partial charge in [0, 0.05) is 37.0 Å². The lowest BCUT2D eigenvalue weighted by atomic mass is 10.1. The number of aromatic nitrogens is 2. The van der Waals surface area contributed by atoms with Crippen molar-refractivity contribution in [1.29, 1.82) is 0 Å². The molecule has 10 nitrogen and oxygen atoms in total. The quantitative estimate of drug-likeness (QED) is 0.228. The SMILES string of the molecule is O=C1/C(=C/c2cn(-c3ccccc3)nc2-c2cccc(S(=O)(=O)N3CCCCC3)c2)SC(=S)N1CCS(=O)(=O)O. The van der Waals surface area contributed by atoms with Crippen molar-refractivity contribution in [3.05, 3.63) is 71.3 Å². The molecule has 3 heterocycles. The van der Waals surface area contributed by atoms with Crippen LogP contribution >= 0.6 is 24.0 Å². The number of benzene rings is 2. The zero-order chi connectivity index (χ0) is 28.5. The lowest BCUT2D eigenvalue weighted by molar-refractivity contribution is -0.121. The smallest absolute Gasteiger partial charge is 0.266 e. The Morgan fingerprint density at radius 1 is 1.00 bits per heavy atom. The highest BCUT2D eigenvalue weighted by molar-refractivity contribution is 8.26. The number of rotatable bonds is 8. The van der Waals surface area contributed by atoms with Crippen LogP contribution in [0.4, 0.5) is 0 Å². The monoisotopic (exact) mass is 618 g/mol. The molecule has 1 aromatic heterocycles. The lowest BCUT2D eigenvalue weighted by Gasteiger charge is -2.26. The number of nitrogens with zero attached hydrogens (tertiary/aromatic N) is 4. The molecule has 0 saturated carbocycles. The number of thiocarbonyl (C=S) groups is 1. The van der Waals surface area contributed by atoms with Gasteiger partial charge in [0.2, 0.25) is 10.0 Å². The molecule has 0 aliphatic carbocycles. The molecule has 14 heteroatoms. The Balaban J connectivity index is 1.55. The second-order valence-corrected chi connectivity index (χ2v) is 14.5. The molecule has 2 aromatic carbocycles. The molecule has 0 atom stereocenters. The minimum atomic E-state index is -4.28. The summed E-state index contributed by atoms with van der Waals surface area (Å²) in [5.74, 6) is -1.12. The second-order valence-electron chi connectivity index (χ2n) is 9.33. The summed E-state index contributed by atoms with van der Waals surface area (Å²) in [5, 5.41) is 4.74.